The molecule has 0 amide bonds. The van der Waals surface area contributed by atoms with Crippen molar-refractivity contribution >= 4 is 17.1 Å². The molecular weight excluding hydrogens is 265 g/mol. The predicted octanol–water partition coefficient (Wildman–Crippen LogP) is 3.68. The third-order valence-corrected chi connectivity index (χ3v) is 3.81. The van der Waals surface area contributed by atoms with Crippen LogP contribution in [-0.2, 0) is 6.61 Å². The number of hydrogen-bond acceptors (Lipinski definition) is 4. The first-order valence-corrected chi connectivity index (χ1v) is 6.65. The summed E-state index contributed by atoms with van der Waals surface area (Å²) in [5, 5.41) is 0.810. The van der Waals surface area contributed by atoms with Crippen LogP contribution in [-0.4, -0.2) is 10.8 Å². The van der Waals surface area contributed by atoms with E-state index in [1.165, 1.54) is 30.4 Å². The molecule has 0 atom stereocenters. The van der Waals surface area contributed by atoms with Gasteiger partial charge in [-0.1, -0.05) is 0 Å². The number of thiazole rings is 1. The molecule has 0 unspecified atom stereocenters. The second-order valence-corrected chi connectivity index (χ2v) is 5.53. The van der Waals surface area contributed by atoms with Crippen LogP contribution in [0.15, 0.2) is 18.2 Å². The first-order valence-electron chi connectivity index (χ1n) is 5.83. The number of hydrogen-bond donors (Lipinski definition) is 0. The van der Waals surface area contributed by atoms with E-state index in [2.05, 4.69) is 4.98 Å². The van der Waals surface area contributed by atoms with Crippen molar-refractivity contribution in [1.82, 2.24) is 4.98 Å². The second kappa shape index (κ2) is 5.48. The van der Waals surface area contributed by atoms with Crippen molar-refractivity contribution in [2.75, 3.05) is 0 Å². The summed E-state index contributed by atoms with van der Waals surface area (Å²) in [7, 11) is 0. The number of nitrogens with zero attached hydrogens (tertiary/aromatic N) is 1. The van der Waals surface area contributed by atoms with Crippen molar-refractivity contribution in [1.29, 1.82) is 0 Å². The molecule has 2 aromatic rings. The number of ether oxygens (including phenoxy) is 1. The first-order chi connectivity index (χ1) is 8.97. The summed E-state index contributed by atoms with van der Waals surface area (Å²) in [5.41, 5.74) is 1.31. The van der Waals surface area contributed by atoms with E-state index in [4.69, 9.17) is 4.74 Å². The standard InChI is InChI=1S/C14H14FNO2S/c1-8-10(3)19-14(16-8)7-18-13-5-4-11(9(2)17)6-12(13)15/h4-6H,7H2,1-3H3. The Morgan fingerprint density at radius 1 is 1.42 bits per heavy atom. The third-order valence-electron chi connectivity index (χ3n) is 2.76. The summed E-state index contributed by atoms with van der Waals surface area (Å²) in [6.45, 7) is 5.54. The van der Waals surface area contributed by atoms with Gasteiger partial charge in [0.25, 0.3) is 0 Å². The topological polar surface area (TPSA) is 39.2 Å². The monoisotopic (exact) mass is 279 g/mol. The number of carbonyl (C=O) groups is 1. The molecule has 1 heterocycles. The zero-order chi connectivity index (χ0) is 14.0. The van der Waals surface area contributed by atoms with Gasteiger partial charge < -0.3 is 4.74 Å². The van der Waals surface area contributed by atoms with E-state index < -0.39 is 5.82 Å². The summed E-state index contributed by atoms with van der Waals surface area (Å²) in [6.07, 6.45) is 0. The van der Waals surface area contributed by atoms with Gasteiger partial charge in [-0.15, -0.1) is 11.3 Å². The van der Waals surface area contributed by atoms with Crippen LogP contribution in [0.1, 0.15) is 32.9 Å². The van der Waals surface area contributed by atoms with Crippen LogP contribution in [0, 0.1) is 19.7 Å². The van der Waals surface area contributed by atoms with E-state index >= 15 is 0 Å². The predicted molar refractivity (Wildman–Crippen MR) is 72.3 cm³/mol. The molecule has 1 aromatic carbocycles. The molecule has 1 aromatic heterocycles. The molecular formula is C14H14FNO2S. The van der Waals surface area contributed by atoms with Gasteiger partial charge in [-0.2, -0.15) is 0 Å². The van der Waals surface area contributed by atoms with Crippen molar-refractivity contribution in [2.45, 2.75) is 27.4 Å². The smallest absolute Gasteiger partial charge is 0.165 e. The Morgan fingerprint density at radius 2 is 2.16 bits per heavy atom. The van der Waals surface area contributed by atoms with Gasteiger partial charge in [-0.3, -0.25) is 4.79 Å². The molecule has 0 aliphatic heterocycles. The van der Waals surface area contributed by atoms with Crippen LogP contribution < -0.4 is 4.74 Å². The maximum Gasteiger partial charge on any atom is 0.165 e. The maximum atomic E-state index is 13.7. The largest absolute Gasteiger partial charge is 0.483 e. The lowest BCUT2D eigenvalue weighted by molar-refractivity contribution is 0.101. The Hall–Kier alpha value is -1.75. The molecule has 19 heavy (non-hydrogen) atoms. The van der Waals surface area contributed by atoms with Gasteiger partial charge in [0.2, 0.25) is 0 Å². The normalized spacial score (nSPS) is 10.5. The van der Waals surface area contributed by atoms with E-state index in [0.717, 1.165) is 15.6 Å². The van der Waals surface area contributed by atoms with Crippen LogP contribution in [0.2, 0.25) is 0 Å². The maximum absolute atomic E-state index is 13.7. The fourth-order valence-electron chi connectivity index (χ4n) is 1.58. The molecule has 2 rings (SSSR count). The number of aryl methyl sites for hydroxylation is 2. The van der Waals surface area contributed by atoms with Gasteiger partial charge in [0.05, 0.1) is 5.69 Å². The van der Waals surface area contributed by atoms with E-state index in [1.54, 1.807) is 6.07 Å². The third kappa shape index (κ3) is 3.17. The Morgan fingerprint density at radius 3 is 2.68 bits per heavy atom. The molecule has 3 nitrogen and oxygen atoms in total. The second-order valence-electron chi connectivity index (χ2n) is 4.24. The van der Waals surface area contributed by atoms with E-state index in [0.29, 0.717) is 5.56 Å². The highest BCUT2D eigenvalue weighted by molar-refractivity contribution is 7.11. The number of ketones is 1. The van der Waals surface area contributed by atoms with Crippen molar-refractivity contribution in [3.8, 4) is 5.75 Å². The number of rotatable bonds is 4. The van der Waals surface area contributed by atoms with Crippen LogP contribution in [0.4, 0.5) is 4.39 Å². The molecule has 0 bridgehead atoms. The van der Waals surface area contributed by atoms with Gasteiger partial charge in [-0.25, -0.2) is 9.37 Å². The molecule has 100 valence electrons. The van der Waals surface area contributed by atoms with Crippen LogP contribution in [0.3, 0.4) is 0 Å². The van der Waals surface area contributed by atoms with Gasteiger partial charge >= 0.3 is 0 Å². The average Bonchev–Trinajstić information content (AvgIpc) is 2.67. The Balaban J connectivity index is 2.09. The number of benzene rings is 1. The summed E-state index contributed by atoms with van der Waals surface area (Å²) in [6, 6.07) is 4.22. The average molecular weight is 279 g/mol. The minimum atomic E-state index is -0.530. The molecule has 5 heteroatoms. The molecule has 0 aliphatic carbocycles. The van der Waals surface area contributed by atoms with Gasteiger partial charge in [0, 0.05) is 10.4 Å². The number of Topliss-reactive ketones (excluding diaryl/α,β-unsaturated/α-hetero) is 1. The van der Waals surface area contributed by atoms with Crippen LogP contribution in [0.5, 0.6) is 5.75 Å². The first kappa shape index (κ1) is 13.7. The minimum absolute atomic E-state index is 0.135. The lowest BCUT2D eigenvalue weighted by atomic mass is 10.1. The van der Waals surface area contributed by atoms with Gasteiger partial charge in [0.1, 0.15) is 11.6 Å². The highest BCUT2D eigenvalue weighted by Gasteiger charge is 2.09. The molecule has 0 saturated carbocycles. The zero-order valence-corrected chi connectivity index (χ0v) is 11.8. The summed E-state index contributed by atoms with van der Waals surface area (Å²) in [5.74, 6) is -0.565. The lowest BCUT2D eigenvalue weighted by Gasteiger charge is -2.06. The Labute approximate surface area is 115 Å². The summed E-state index contributed by atoms with van der Waals surface area (Å²) >= 11 is 1.53. The Bertz CT molecular complexity index is 602. The van der Waals surface area contributed by atoms with Crippen LogP contribution in [0.25, 0.3) is 0 Å². The molecule has 0 aliphatic rings. The summed E-state index contributed by atoms with van der Waals surface area (Å²) < 4.78 is 19.1. The quantitative estimate of drug-likeness (QED) is 0.801. The van der Waals surface area contributed by atoms with E-state index in [1.807, 2.05) is 13.8 Å². The molecule has 0 radical (unpaired) electrons. The highest BCUT2D eigenvalue weighted by atomic mass is 32.1. The number of halogens is 1. The van der Waals surface area contributed by atoms with Crippen molar-refractivity contribution in [2.24, 2.45) is 0 Å². The van der Waals surface area contributed by atoms with Crippen molar-refractivity contribution in [3.05, 3.63) is 45.2 Å². The molecule has 0 fully saturated rings. The summed E-state index contributed by atoms with van der Waals surface area (Å²) in [4.78, 5) is 16.6. The number of aromatic nitrogens is 1. The van der Waals surface area contributed by atoms with Gasteiger partial charge in [0.15, 0.2) is 17.3 Å². The van der Waals surface area contributed by atoms with Gasteiger partial charge in [-0.05, 0) is 39.0 Å². The van der Waals surface area contributed by atoms with Crippen molar-refractivity contribution < 1.29 is 13.9 Å². The SMILES string of the molecule is CC(=O)c1ccc(OCc2nc(C)c(C)s2)c(F)c1. The van der Waals surface area contributed by atoms with Crippen molar-refractivity contribution in [3.63, 3.8) is 0 Å². The fraction of sp³-hybridized carbons (Fsp3) is 0.286. The fourth-order valence-corrected chi connectivity index (χ4v) is 2.42. The minimum Gasteiger partial charge on any atom is -0.483 e. The molecule has 0 N–H and O–H groups in total. The van der Waals surface area contributed by atoms with Crippen LogP contribution >= 0.6 is 11.3 Å². The lowest BCUT2D eigenvalue weighted by Crippen LogP contribution is -1.99. The highest BCUT2D eigenvalue weighted by Crippen LogP contribution is 2.22. The number of carbonyl (C=O) groups excluding carboxylic acids is 1. The zero-order valence-electron chi connectivity index (χ0n) is 11.0. The molecule has 0 spiro atoms. The van der Waals surface area contributed by atoms with E-state index in [-0.39, 0.29) is 18.1 Å². The Kier molecular flexibility index (Phi) is 3.95. The molecule has 0 saturated heterocycles. The van der Waals surface area contributed by atoms with E-state index in [9.17, 15) is 9.18 Å².